The summed E-state index contributed by atoms with van der Waals surface area (Å²) >= 11 is 0. The molecular formula is C12H8F3N. The first kappa shape index (κ1) is 10.5. The largest absolute Gasteiger partial charge is 0.394 e. The van der Waals surface area contributed by atoms with E-state index in [1.54, 1.807) is 30.3 Å². The van der Waals surface area contributed by atoms with E-state index in [0.29, 0.717) is 5.56 Å². The van der Waals surface area contributed by atoms with Crippen molar-refractivity contribution in [1.82, 2.24) is 0 Å². The first-order valence-electron chi connectivity index (χ1n) is 4.59. The molecule has 0 spiro atoms. The first-order chi connectivity index (χ1) is 7.61. The molecule has 0 saturated carbocycles. The Balaban J connectivity index is 2.68. The predicted molar refractivity (Wildman–Crippen MR) is 56.2 cm³/mol. The minimum absolute atomic E-state index is 0.134. The molecule has 2 N–H and O–H groups in total. The first-order valence-corrected chi connectivity index (χ1v) is 4.59. The summed E-state index contributed by atoms with van der Waals surface area (Å²) in [7, 11) is 0. The number of hydrogen-bond donors (Lipinski definition) is 1. The third-order valence-corrected chi connectivity index (χ3v) is 2.28. The Morgan fingerprint density at radius 1 is 0.875 bits per heavy atom. The van der Waals surface area contributed by atoms with Crippen molar-refractivity contribution in [2.75, 3.05) is 5.73 Å². The quantitative estimate of drug-likeness (QED) is 0.582. The minimum atomic E-state index is -1.35. The van der Waals surface area contributed by atoms with Crippen molar-refractivity contribution in [3.8, 4) is 11.1 Å². The molecule has 0 fully saturated rings. The van der Waals surface area contributed by atoms with Crippen LogP contribution in [0.4, 0.5) is 18.9 Å². The molecule has 0 aliphatic carbocycles. The molecule has 0 radical (unpaired) electrons. The maximum atomic E-state index is 13.5. The lowest BCUT2D eigenvalue weighted by Crippen LogP contribution is -2.00. The lowest BCUT2D eigenvalue weighted by molar-refractivity contribution is 0.503. The second kappa shape index (κ2) is 3.89. The molecule has 4 heteroatoms. The zero-order valence-corrected chi connectivity index (χ0v) is 8.18. The van der Waals surface area contributed by atoms with Crippen LogP contribution in [0.15, 0.2) is 36.4 Å². The molecule has 0 amide bonds. The van der Waals surface area contributed by atoms with Crippen molar-refractivity contribution in [3.05, 3.63) is 53.8 Å². The zero-order chi connectivity index (χ0) is 11.7. The van der Waals surface area contributed by atoms with Gasteiger partial charge in [-0.2, -0.15) is 0 Å². The van der Waals surface area contributed by atoms with Gasteiger partial charge in [-0.05, 0) is 11.6 Å². The van der Waals surface area contributed by atoms with Crippen molar-refractivity contribution < 1.29 is 13.2 Å². The van der Waals surface area contributed by atoms with E-state index in [0.717, 1.165) is 6.07 Å². The molecule has 0 heterocycles. The Morgan fingerprint density at radius 3 is 2.12 bits per heavy atom. The Hall–Kier alpha value is -1.97. The number of halogens is 3. The summed E-state index contributed by atoms with van der Waals surface area (Å²) in [5.74, 6) is -3.44. The van der Waals surface area contributed by atoms with Crippen LogP contribution >= 0.6 is 0 Å². The monoisotopic (exact) mass is 223 g/mol. The van der Waals surface area contributed by atoms with E-state index in [2.05, 4.69) is 0 Å². The molecule has 2 aromatic carbocycles. The van der Waals surface area contributed by atoms with Gasteiger partial charge in [0.15, 0.2) is 11.6 Å². The highest BCUT2D eigenvalue weighted by atomic mass is 19.2. The number of hydrogen-bond acceptors (Lipinski definition) is 1. The predicted octanol–water partition coefficient (Wildman–Crippen LogP) is 3.35. The lowest BCUT2D eigenvalue weighted by Gasteiger charge is -2.07. The van der Waals surface area contributed by atoms with Gasteiger partial charge in [-0.3, -0.25) is 0 Å². The number of benzene rings is 2. The second-order valence-electron chi connectivity index (χ2n) is 3.31. The fourth-order valence-corrected chi connectivity index (χ4v) is 1.44. The summed E-state index contributed by atoms with van der Waals surface area (Å²) in [6.07, 6.45) is 0. The molecule has 16 heavy (non-hydrogen) atoms. The van der Waals surface area contributed by atoms with E-state index in [1.807, 2.05) is 0 Å². The van der Waals surface area contributed by atoms with Gasteiger partial charge in [0.25, 0.3) is 0 Å². The maximum Gasteiger partial charge on any atom is 0.185 e. The molecule has 0 bridgehead atoms. The summed E-state index contributed by atoms with van der Waals surface area (Å²) in [6, 6.07) is 9.05. The van der Waals surface area contributed by atoms with Crippen LogP contribution in [0.25, 0.3) is 11.1 Å². The molecule has 0 saturated heterocycles. The normalized spacial score (nSPS) is 10.4. The van der Waals surface area contributed by atoms with Crippen molar-refractivity contribution in [2.24, 2.45) is 0 Å². The van der Waals surface area contributed by atoms with E-state index in [-0.39, 0.29) is 5.56 Å². The Bertz CT molecular complexity index is 524. The van der Waals surface area contributed by atoms with Crippen LogP contribution < -0.4 is 5.73 Å². The molecule has 0 aliphatic heterocycles. The molecule has 2 rings (SSSR count). The fraction of sp³-hybridized carbons (Fsp3) is 0. The van der Waals surface area contributed by atoms with Gasteiger partial charge in [-0.15, -0.1) is 0 Å². The van der Waals surface area contributed by atoms with Gasteiger partial charge in [0.2, 0.25) is 0 Å². The lowest BCUT2D eigenvalue weighted by atomic mass is 10.0. The highest BCUT2D eigenvalue weighted by Crippen LogP contribution is 2.29. The second-order valence-corrected chi connectivity index (χ2v) is 3.31. The summed E-state index contributed by atoms with van der Waals surface area (Å²) in [4.78, 5) is 0. The highest BCUT2D eigenvalue weighted by molar-refractivity contribution is 5.67. The average molecular weight is 223 g/mol. The molecule has 0 aliphatic rings. The standard InChI is InChI=1S/C12H8F3N/c13-9-6-8(7-4-2-1-3-5-7)10(14)11(15)12(9)16/h1-6H,16H2. The molecule has 0 aromatic heterocycles. The van der Waals surface area contributed by atoms with Crippen LogP contribution in [0.3, 0.4) is 0 Å². The van der Waals surface area contributed by atoms with E-state index in [1.165, 1.54) is 0 Å². The number of rotatable bonds is 1. The highest BCUT2D eigenvalue weighted by Gasteiger charge is 2.17. The van der Waals surface area contributed by atoms with Crippen LogP contribution in [0.5, 0.6) is 0 Å². The van der Waals surface area contributed by atoms with Crippen LogP contribution in [0, 0.1) is 17.5 Å². The summed E-state index contributed by atoms with van der Waals surface area (Å²) < 4.78 is 39.9. The van der Waals surface area contributed by atoms with E-state index >= 15 is 0 Å². The van der Waals surface area contributed by atoms with Gasteiger partial charge in [0.05, 0.1) is 0 Å². The summed E-state index contributed by atoms with van der Waals surface area (Å²) in [6.45, 7) is 0. The molecule has 2 aromatic rings. The van der Waals surface area contributed by atoms with Gasteiger partial charge in [-0.1, -0.05) is 30.3 Å². The van der Waals surface area contributed by atoms with Gasteiger partial charge in [0, 0.05) is 5.56 Å². The zero-order valence-electron chi connectivity index (χ0n) is 8.18. The van der Waals surface area contributed by atoms with Crippen molar-refractivity contribution in [1.29, 1.82) is 0 Å². The number of nitrogens with two attached hydrogens (primary N) is 1. The summed E-state index contributed by atoms with van der Waals surface area (Å²) in [5, 5.41) is 0. The van der Waals surface area contributed by atoms with E-state index in [9.17, 15) is 13.2 Å². The number of nitrogen functional groups attached to an aromatic ring is 1. The molecular weight excluding hydrogens is 215 g/mol. The van der Waals surface area contributed by atoms with Crippen LogP contribution in [0.2, 0.25) is 0 Å². The van der Waals surface area contributed by atoms with E-state index < -0.39 is 23.1 Å². The van der Waals surface area contributed by atoms with Gasteiger partial charge in [-0.25, -0.2) is 13.2 Å². The molecule has 1 nitrogen and oxygen atoms in total. The molecule has 0 unspecified atom stereocenters. The van der Waals surface area contributed by atoms with Gasteiger partial charge < -0.3 is 5.73 Å². The van der Waals surface area contributed by atoms with Gasteiger partial charge in [0.1, 0.15) is 11.5 Å². The molecule has 82 valence electrons. The Morgan fingerprint density at radius 2 is 1.50 bits per heavy atom. The minimum Gasteiger partial charge on any atom is -0.394 e. The maximum absolute atomic E-state index is 13.5. The van der Waals surface area contributed by atoms with Crippen molar-refractivity contribution >= 4 is 5.69 Å². The SMILES string of the molecule is Nc1c(F)cc(-c2ccccc2)c(F)c1F. The molecule has 0 atom stereocenters. The third-order valence-electron chi connectivity index (χ3n) is 2.28. The summed E-state index contributed by atoms with van der Waals surface area (Å²) in [5.41, 5.74) is 4.51. The van der Waals surface area contributed by atoms with E-state index in [4.69, 9.17) is 5.73 Å². The van der Waals surface area contributed by atoms with Crippen LogP contribution in [0.1, 0.15) is 0 Å². The Labute approximate surface area is 90.3 Å². The smallest absolute Gasteiger partial charge is 0.185 e. The Kier molecular flexibility index (Phi) is 2.56. The van der Waals surface area contributed by atoms with Crippen LogP contribution in [-0.2, 0) is 0 Å². The average Bonchev–Trinajstić information content (AvgIpc) is 2.32. The van der Waals surface area contributed by atoms with Gasteiger partial charge >= 0.3 is 0 Å². The topological polar surface area (TPSA) is 26.0 Å². The fourth-order valence-electron chi connectivity index (χ4n) is 1.44. The van der Waals surface area contributed by atoms with Crippen molar-refractivity contribution in [3.63, 3.8) is 0 Å². The third kappa shape index (κ3) is 1.62. The van der Waals surface area contributed by atoms with Crippen LogP contribution in [-0.4, -0.2) is 0 Å². The van der Waals surface area contributed by atoms with Crippen molar-refractivity contribution in [2.45, 2.75) is 0 Å². The number of anilines is 1.